The van der Waals surface area contributed by atoms with E-state index in [0.717, 1.165) is 12.8 Å². The summed E-state index contributed by atoms with van der Waals surface area (Å²) in [5.74, 6) is 1.65. The number of allylic oxidation sites excluding steroid dienone is 2. The van der Waals surface area contributed by atoms with Gasteiger partial charge in [0.25, 0.3) is 0 Å². The molecule has 0 N–H and O–H groups in total. The molecule has 0 saturated carbocycles. The first-order valence-electron chi connectivity index (χ1n) is 6.90. The summed E-state index contributed by atoms with van der Waals surface area (Å²) in [6, 6.07) is -0.222. The van der Waals surface area contributed by atoms with Gasteiger partial charge in [-0.25, -0.2) is 9.98 Å². The Bertz CT molecular complexity index is 425. The average Bonchev–Trinajstić information content (AvgIpc) is 2.42. The zero-order chi connectivity index (χ0) is 15.1. The highest BCUT2D eigenvalue weighted by atomic mass is 16.5. The third kappa shape index (κ3) is 4.47. The highest BCUT2D eigenvalue weighted by Gasteiger charge is 2.30. The SMILES string of the molecule is COC1=N[C@H](C(C)C)C(OC)=N[C@H]1CC/C=C/C(C)=O. The minimum atomic E-state index is -0.137. The quantitative estimate of drug-likeness (QED) is 0.727. The zero-order valence-corrected chi connectivity index (χ0v) is 12.9. The molecule has 1 aliphatic heterocycles. The van der Waals surface area contributed by atoms with Crippen LogP contribution >= 0.6 is 0 Å². The Kier molecular flexibility index (Phi) is 6.42. The molecule has 0 aromatic heterocycles. The average molecular weight is 280 g/mol. The summed E-state index contributed by atoms with van der Waals surface area (Å²) in [6.45, 7) is 5.69. The number of hydrogen-bond donors (Lipinski definition) is 0. The van der Waals surface area contributed by atoms with Crippen LogP contribution in [-0.4, -0.2) is 43.9 Å². The molecule has 5 heteroatoms. The second-order valence-corrected chi connectivity index (χ2v) is 5.14. The molecule has 0 bridgehead atoms. The Hall–Kier alpha value is -1.65. The molecular formula is C15H24N2O3. The van der Waals surface area contributed by atoms with Crippen molar-refractivity contribution in [1.29, 1.82) is 0 Å². The van der Waals surface area contributed by atoms with E-state index in [1.807, 2.05) is 6.08 Å². The van der Waals surface area contributed by atoms with Crippen LogP contribution in [0.15, 0.2) is 22.1 Å². The lowest BCUT2D eigenvalue weighted by molar-refractivity contribution is -0.112. The highest BCUT2D eigenvalue weighted by Crippen LogP contribution is 2.19. The van der Waals surface area contributed by atoms with Crippen LogP contribution in [0.25, 0.3) is 0 Å². The molecule has 0 fully saturated rings. The van der Waals surface area contributed by atoms with Crippen LogP contribution < -0.4 is 0 Å². The normalized spacial score (nSPS) is 22.7. The molecule has 0 unspecified atom stereocenters. The maximum atomic E-state index is 10.8. The van der Waals surface area contributed by atoms with Gasteiger partial charge in [-0.1, -0.05) is 19.9 Å². The van der Waals surface area contributed by atoms with E-state index in [1.165, 1.54) is 6.92 Å². The molecule has 0 aliphatic carbocycles. The first-order chi connectivity index (χ1) is 9.49. The van der Waals surface area contributed by atoms with Crippen LogP contribution in [0.2, 0.25) is 0 Å². The van der Waals surface area contributed by atoms with Gasteiger partial charge in [-0.05, 0) is 31.8 Å². The predicted octanol–water partition coefficient (Wildman–Crippen LogP) is 2.41. The number of carbonyl (C=O) groups excluding carboxylic acids is 1. The van der Waals surface area contributed by atoms with Gasteiger partial charge in [0, 0.05) is 0 Å². The molecule has 0 amide bonds. The zero-order valence-electron chi connectivity index (χ0n) is 12.9. The minimum absolute atomic E-state index is 0.0511. The number of ether oxygens (including phenoxy) is 2. The molecule has 0 spiro atoms. The largest absolute Gasteiger partial charge is 0.483 e. The van der Waals surface area contributed by atoms with Crippen molar-refractivity contribution < 1.29 is 14.3 Å². The van der Waals surface area contributed by atoms with Crippen LogP contribution in [0.5, 0.6) is 0 Å². The summed E-state index contributed by atoms with van der Waals surface area (Å²) >= 11 is 0. The summed E-state index contributed by atoms with van der Waals surface area (Å²) < 4.78 is 10.7. The second-order valence-electron chi connectivity index (χ2n) is 5.14. The molecule has 0 aromatic rings. The van der Waals surface area contributed by atoms with E-state index >= 15 is 0 Å². The maximum absolute atomic E-state index is 10.8. The molecule has 0 radical (unpaired) electrons. The highest BCUT2D eigenvalue weighted by molar-refractivity contribution is 5.94. The molecule has 5 nitrogen and oxygen atoms in total. The van der Waals surface area contributed by atoms with Gasteiger partial charge < -0.3 is 9.47 Å². The Morgan fingerprint density at radius 3 is 2.40 bits per heavy atom. The van der Waals surface area contributed by atoms with Crippen molar-refractivity contribution in [2.45, 2.75) is 45.7 Å². The molecule has 1 aliphatic rings. The van der Waals surface area contributed by atoms with Gasteiger partial charge in [0.1, 0.15) is 12.1 Å². The number of hydrogen-bond acceptors (Lipinski definition) is 5. The summed E-state index contributed by atoms with van der Waals surface area (Å²) in [6.07, 6.45) is 4.92. The summed E-state index contributed by atoms with van der Waals surface area (Å²) in [4.78, 5) is 20.0. The monoisotopic (exact) mass is 280 g/mol. The van der Waals surface area contributed by atoms with Crippen molar-refractivity contribution >= 4 is 17.6 Å². The van der Waals surface area contributed by atoms with Crippen molar-refractivity contribution in [2.24, 2.45) is 15.9 Å². The lowest BCUT2D eigenvalue weighted by Crippen LogP contribution is -2.37. The second kappa shape index (κ2) is 7.82. The van der Waals surface area contributed by atoms with E-state index in [-0.39, 0.29) is 17.9 Å². The summed E-state index contributed by atoms with van der Waals surface area (Å²) in [5.41, 5.74) is 0. The van der Waals surface area contributed by atoms with Gasteiger partial charge >= 0.3 is 0 Å². The molecular weight excluding hydrogens is 256 g/mol. The van der Waals surface area contributed by atoms with E-state index in [0.29, 0.717) is 17.7 Å². The molecule has 20 heavy (non-hydrogen) atoms. The molecule has 0 saturated heterocycles. The van der Waals surface area contributed by atoms with Crippen molar-refractivity contribution in [3.8, 4) is 0 Å². The van der Waals surface area contributed by atoms with Crippen molar-refractivity contribution in [1.82, 2.24) is 0 Å². The van der Waals surface area contributed by atoms with Crippen LogP contribution in [0.4, 0.5) is 0 Å². The van der Waals surface area contributed by atoms with Gasteiger partial charge in [-0.3, -0.25) is 4.79 Å². The molecule has 1 heterocycles. The van der Waals surface area contributed by atoms with Gasteiger partial charge in [0.2, 0.25) is 11.8 Å². The van der Waals surface area contributed by atoms with Crippen molar-refractivity contribution in [3.63, 3.8) is 0 Å². The lowest BCUT2D eigenvalue weighted by atomic mass is 10.0. The maximum Gasteiger partial charge on any atom is 0.209 e. The third-order valence-electron chi connectivity index (χ3n) is 3.10. The molecule has 112 valence electrons. The van der Waals surface area contributed by atoms with E-state index in [1.54, 1.807) is 20.3 Å². The fourth-order valence-electron chi connectivity index (χ4n) is 2.05. The van der Waals surface area contributed by atoms with Crippen molar-refractivity contribution in [3.05, 3.63) is 12.2 Å². The Morgan fingerprint density at radius 1 is 1.25 bits per heavy atom. The smallest absolute Gasteiger partial charge is 0.209 e. The number of ketones is 1. The Balaban J connectivity index is 2.77. The molecule has 1 rings (SSSR count). The van der Waals surface area contributed by atoms with Gasteiger partial charge in [0.15, 0.2) is 5.78 Å². The summed E-state index contributed by atoms with van der Waals surface area (Å²) in [5, 5.41) is 0. The minimum Gasteiger partial charge on any atom is -0.483 e. The fourth-order valence-corrected chi connectivity index (χ4v) is 2.05. The molecule has 0 aromatic carbocycles. The third-order valence-corrected chi connectivity index (χ3v) is 3.10. The summed E-state index contributed by atoms with van der Waals surface area (Å²) in [7, 11) is 3.23. The van der Waals surface area contributed by atoms with Crippen LogP contribution in [-0.2, 0) is 14.3 Å². The number of aliphatic imine (C=N–C) groups is 2. The van der Waals surface area contributed by atoms with Crippen LogP contribution in [0.3, 0.4) is 0 Å². The Morgan fingerprint density at radius 2 is 1.90 bits per heavy atom. The van der Waals surface area contributed by atoms with E-state index < -0.39 is 0 Å². The van der Waals surface area contributed by atoms with Crippen molar-refractivity contribution in [2.75, 3.05) is 14.2 Å². The fraction of sp³-hybridized carbons (Fsp3) is 0.667. The molecule has 2 atom stereocenters. The first-order valence-corrected chi connectivity index (χ1v) is 6.90. The van der Waals surface area contributed by atoms with E-state index in [2.05, 4.69) is 23.8 Å². The van der Waals surface area contributed by atoms with Gasteiger partial charge in [-0.15, -0.1) is 0 Å². The Labute approximate surface area is 120 Å². The number of methoxy groups -OCH3 is 2. The standard InChI is InChI=1S/C15H24N2O3/c1-10(2)13-15(20-5)16-12(14(17-13)19-4)9-7-6-8-11(3)18/h6,8,10,12-13H,7,9H2,1-5H3/b8-6+/t12-,13+/m0/s1. The van der Waals surface area contributed by atoms with Gasteiger partial charge in [0.05, 0.1) is 14.2 Å². The predicted molar refractivity (Wildman–Crippen MR) is 80.4 cm³/mol. The van der Waals surface area contributed by atoms with Crippen LogP contribution in [0, 0.1) is 5.92 Å². The number of nitrogens with zero attached hydrogens (tertiary/aromatic N) is 2. The topological polar surface area (TPSA) is 60.2 Å². The van der Waals surface area contributed by atoms with Crippen LogP contribution in [0.1, 0.15) is 33.6 Å². The first kappa shape index (κ1) is 16.4. The number of rotatable bonds is 5. The van der Waals surface area contributed by atoms with E-state index in [4.69, 9.17) is 9.47 Å². The van der Waals surface area contributed by atoms with Gasteiger partial charge in [-0.2, -0.15) is 0 Å². The van der Waals surface area contributed by atoms with E-state index in [9.17, 15) is 4.79 Å². The lowest BCUT2D eigenvalue weighted by Gasteiger charge is -2.26. The number of carbonyl (C=O) groups is 1.